The lowest BCUT2D eigenvalue weighted by molar-refractivity contribution is -0.113. The Labute approximate surface area is 96.6 Å². The van der Waals surface area contributed by atoms with Crippen LogP contribution in [0, 0.1) is 0 Å². The molecule has 0 bridgehead atoms. The van der Waals surface area contributed by atoms with E-state index in [2.05, 4.69) is 4.99 Å². The van der Waals surface area contributed by atoms with Crippen molar-refractivity contribution in [2.24, 2.45) is 10.7 Å². The molecule has 6 nitrogen and oxygen atoms in total. The number of aromatic carboxylic acids is 1. The summed E-state index contributed by atoms with van der Waals surface area (Å²) in [5, 5.41) is 17.4. The molecule has 0 atom stereocenters. The number of aliphatic imine (C=N–C) groups is 1. The number of carboxylic acid groups (broad SMARTS) is 1. The van der Waals surface area contributed by atoms with Gasteiger partial charge in [0, 0.05) is 6.21 Å². The number of carbonyl (C=O) groups excluding carboxylic acids is 1. The Morgan fingerprint density at radius 1 is 1.41 bits per heavy atom. The summed E-state index contributed by atoms with van der Waals surface area (Å²) in [4.78, 5) is 25.3. The van der Waals surface area contributed by atoms with Crippen LogP contribution in [0.5, 0.6) is 0 Å². The molecule has 0 spiro atoms. The third kappa shape index (κ3) is 3.12. The van der Waals surface area contributed by atoms with Gasteiger partial charge in [0.15, 0.2) is 0 Å². The molecular formula is C11H8N3O3-. The Morgan fingerprint density at radius 2 is 2.06 bits per heavy atom. The molecule has 0 aliphatic rings. The standard InChI is InChI=1S/C11H8N3O3/c12-5-7(10(13)15)6-14-9-4-2-1-3-8(9)11(16)17/h1-4,6H,(H2,13,15)(H,16,17)/q-1. The minimum atomic E-state index is -1.14. The first-order valence-electron chi connectivity index (χ1n) is 4.49. The van der Waals surface area contributed by atoms with Crippen LogP contribution in [0.1, 0.15) is 10.4 Å². The van der Waals surface area contributed by atoms with Crippen molar-refractivity contribution in [1.82, 2.24) is 0 Å². The topological polar surface area (TPSA) is 115 Å². The van der Waals surface area contributed by atoms with Gasteiger partial charge in [0.25, 0.3) is 5.91 Å². The van der Waals surface area contributed by atoms with Crippen LogP contribution in [0.15, 0.2) is 34.8 Å². The van der Waals surface area contributed by atoms with Crippen molar-refractivity contribution in [1.29, 1.82) is 0 Å². The number of nitrogens with two attached hydrogens (primary N) is 1. The zero-order valence-corrected chi connectivity index (χ0v) is 8.62. The molecule has 0 aromatic heterocycles. The van der Waals surface area contributed by atoms with Crippen LogP contribution in [-0.2, 0) is 4.79 Å². The smallest absolute Gasteiger partial charge is 0.337 e. The SMILES string of the molecule is [N-]=C=C(C=Nc1ccccc1C(=O)O)C(N)=O. The van der Waals surface area contributed by atoms with Gasteiger partial charge < -0.3 is 16.2 Å². The molecule has 0 saturated heterocycles. The van der Waals surface area contributed by atoms with Gasteiger partial charge in [-0.2, -0.15) is 0 Å². The van der Waals surface area contributed by atoms with Gasteiger partial charge in [-0.3, -0.25) is 15.7 Å². The minimum absolute atomic E-state index is 0.0227. The van der Waals surface area contributed by atoms with E-state index < -0.39 is 11.9 Å². The number of rotatable bonds is 4. The van der Waals surface area contributed by atoms with E-state index in [1.54, 1.807) is 18.0 Å². The predicted molar refractivity (Wildman–Crippen MR) is 62.6 cm³/mol. The van der Waals surface area contributed by atoms with Crippen molar-refractivity contribution in [2.45, 2.75) is 0 Å². The van der Waals surface area contributed by atoms with Crippen LogP contribution in [0.4, 0.5) is 5.69 Å². The summed E-state index contributed by atoms with van der Waals surface area (Å²) in [6.07, 6.45) is 0.949. The number of nitrogens with zero attached hydrogens (tertiary/aromatic N) is 2. The van der Waals surface area contributed by atoms with E-state index in [1.807, 2.05) is 0 Å². The van der Waals surface area contributed by atoms with Gasteiger partial charge in [-0.15, -0.1) is 0 Å². The minimum Gasteiger partial charge on any atom is -0.763 e. The van der Waals surface area contributed by atoms with Crippen molar-refractivity contribution < 1.29 is 14.7 Å². The maximum atomic E-state index is 10.8. The summed E-state index contributed by atoms with van der Waals surface area (Å²) < 4.78 is 0. The van der Waals surface area contributed by atoms with E-state index in [1.165, 1.54) is 12.1 Å². The van der Waals surface area contributed by atoms with E-state index >= 15 is 0 Å². The van der Waals surface area contributed by atoms with Crippen LogP contribution in [0.25, 0.3) is 5.41 Å². The maximum Gasteiger partial charge on any atom is 0.337 e. The molecule has 1 aromatic rings. The average Bonchev–Trinajstić information content (AvgIpc) is 2.29. The van der Waals surface area contributed by atoms with E-state index in [0.29, 0.717) is 0 Å². The highest BCUT2D eigenvalue weighted by Crippen LogP contribution is 2.18. The second-order valence-electron chi connectivity index (χ2n) is 2.97. The molecule has 1 aromatic carbocycles. The van der Waals surface area contributed by atoms with Gasteiger partial charge in [0.05, 0.1) is 16.8 Å². The lowest BCUT2D eigenvalue weighted by Crippen LogP contribution is -2.15. The fraction of sp³-hybridized carbons (Fsp3) is 0. The Hall–Kier alpha value is -2.72. The highest BCUT2D eigenvalue weighted by molar-refractivity contribution is 6.19. The Bertz CT molecular complexity index is 543. The fourth-order valence-corrected chi connectivity index (χ4v) is 1.05. The molecule has 0 radical (unpaired) electrons. The van der Waals surface area contributed by atoms with Crippen molar-refractivity contribution in [3.63, 3.8) is 0 Å². The summed E-state index contributed by atoms with van der Waals surface area (Å²) in [5.74, 6) is -0.490. The molecule has 6 heteroatoms. The van der Waals surface area contributed by atoms with E-state index in [4.69, 9.17) is 16.2 Å². The highest BCUT2D eigenvalue weighted by atomic mass is 16.4. The molecule has 0 heterocycles. The third-order valence-corrected chi connectivity index (χ3v) is 1.85. The molecule has 0 fully saturated rings. The quantitative estimate of drug-likeness (QED) is 0.586. The number of carboxylic acids is 1. The molecule has 0 aliphatic carbocycles. The van der Waals surface area contributed by atoms with Crippen molar-refractivity contribution in [3.8, 4) is 0 Å². The third-order valence-electron chi connectivity index (χ3n) is 1.85. The number of primary amides is 1. The van der Waals surface area contributed by atoms with Gasteiger partial charge in [0.2, 0.25) is 0 Å². The lowest BCUT2D eigenvalue weighted by atomic mass is 10.2. The van der Waals surface area contributed by atoms with Gasteiger partial charge in [-0.25, -0.2) is 4.79 Å². The molecule has 1 rings (SSSR count). The molecule has 0 unspecified atom stereocenters. The van der Waals surface area contributed by atoms with Gasteiger partial charge >= 0.3 is 5.97 Å². The first kappa shape index (κ1) is 12.4. The molecule has 17 heavy (non-hydrogen) atoms. The fourth-order valence-electron chi connectivity index (χ4n) is 1.05. The second kappa shape index (κ2) is 5.39. The Kier molecular flexibility index (Phi) is 3.91. The first-order chi connectivity index (χ1) is 8.06. The molecule has 0 saturated carbocycles. The largest absolute Gasteiger partial charge is 0.763 e. The molecule has 86 valence electrons. The number of hydrogen-bond acceptors (Lipinski definition) is 3. The summed E-state index contributed by atoms with van der Waals surface area (Å²) in [6.45, 7) is 0. The first-order valence-corrected chi connectivity index (χ1v) is 4.49. The monoisotopic (exact) mass is 230 g/mol. The van der Waals surface area contributed by atoms with Crippen molar-refractivity contribution in [2.75, 3.05) is 0 Å². The number of hydrogen-bond donors (Lipinski definition) is 2. The van der Waals surface area contributed by atoms with Crippen LogP contribution in [0.3, 0.4) is 0 Å². The van der Waals surface area contributed by atoms with Gasteiger partial charge in [0.1, 0.15) is 0 Å². The van der Waals surface area contributed by atoms with Crippen LogP contribution in [0.2, 0.25) is 0 Å². The molecule has 0 aliphatic heterocycles. The lowest BCUT2D eigenvalue weighted by Gasteiger charge is -1.99. The predicted octanol–water partition coefficient (Wildman–Crippen LogP) is 0.738. The van der Waals surface area contributed by atoms with E-state index in [0.717, 1.165) is 6.21 Å². The van der Waals surface area contributed by atoms with Crippen molar-refractivity contribution >= 4 is 29.6 Å². The second-order valence-corrected chi connectivity index (χ2v) is 2.97. The van der Waals surface area contributed by atoms with Crippen LogP contribution in [-0.4, -0.2) is 29.1 Å². The molecular weight excluding hydrogens is 222 g/mol. The van der Waals surface area contributed by atoms with E-state index in [9.17, 15) is 9.59 Å². The van der Waals surface area contributed by atoms with Gasteiger partial charge in [-0.1, -0.05) is 12.1 Å². The Balaban J connectivity index is 3.12. The normalized spacial score (nSPS) is 9.88. The summed E-state index contributed by atoms with van der Waals surface area (Å²) in [5.41, 5.74) is 4.69. The molecule has 3 N–H and O–H groups in total. The Morgan fingerprint density at radius 3 is 2.59 bits per heavy atom. The van der Waals surface area contributed by atoms with E-state index in [-0.39, 0.29) is 16.8 Å². The zero-order valence-electron chi connectivity index (χ0n) is 8.62. The van der Waals surface area contributed by atoms with Crippen molar-refractivity contribution in [3.05, 3.63) is 40.8 Å². The number of para-hydroxylation sites is 1. The maximum absolute atomic E-state index is 10.8. The number of benzene rings is 1. The van der Waals surface area contributed by atoms with Crippen LogP contribution >= 0.6 is 0 Å². The molecule has 1 amide bonds. The van der Waals surface area contributed by atoms with Crippen LogP contribution < -0.4 is 5.73 Å². The average molecular weight is 230 g/mol. The van der Waals surface area contributed by atoms with Gasteiger partial charge in [-0.05, 0) is 12.1 Å². The summed E-state index contributed by atoms with van der Waals surface area (Å²) in [7, 11) is 0. The summed E-state index contributed by atoms with van der Waals surface area (Å²) >= 11 is 0. The number of carbonyl (C=O) groups is 2. The zero-order chi connectivity index (χ0) is 12.8. The number of amides is 1. The highest BCUT2D eigenvalue weighted by Gasteiger charge is 2.07. The summed E-state index contributed by atoms with van der Waals surface area (Å²) in [6, 6.07) is 5.96.